The van der Waals surface area contributed by atoms with Gasteiger partial charge in [-0.3, -0.25) is 4.79 Å². The molecular weight excluding hydrogens is 743 g/mol. The molecule has 0 radical (unpaired) electrons. The zero-order valence-electron chi connectivity index (χ0n) is 27.3. The van der Waals surface area contributed by atoms with Gasteiger partial charge in [0, 0.05) is 5.70 Å². The van der Waals surface area contributed by atoms with Crippen LogP contribution in [0.3, 0.4) is 0 Å². The molecule has 13 heteroatoms. The van der Waals surface area contributed by atoms with Crippen molar-refractivity contribution in [2.45, 2.75) is 26.5 Å². The average molecular weight is 779 g/mol. The maximum absolute atomic E-state index is 12.6. The summed E-state index contributed by atoms with van der Waals surface area (Å²) in [6, 6.07) is 21.6. The third kappa shape index (κ3) is 8.41. The van der Waals surface area contributed by atoms with E-state index in [1.807, 2.05) is 37.3 Å². The number of urea groups is 1. The summed E-state index contributed by atoms with van der Waals surface area (Å²) >= 11 is 2.19. The van der Waals surface area contributed by atoms with Gasteiger partial charge in [0.25, 0.3) is 5.91 Å². The molecule has 12 nitrogen and oxygen atoms in total. The number of nitrogens with zero attached hydrogens (tertiary/aromatic N) is 1. The molecule has 1 heterocycles. The van der Waals surface area contributed by atoms with Gasteiger partial charge in [-0.25, -0.2) is 15.0 Å². The zero-order valence-corrected chi connectivity index (χ0v) is 29.5. The zero-order chi connectivity index (χ0) is 34.9. The highest BCUT2D eigenvalue weighted by atomic mass is 127. The smallest absolute Gasteiger partial charge is 0.337 e. The van der Waals surface area contributed by atoms with E-state index in [0.717, 1.165) is 19.9 Å². The molecule has 1 atom stereocenters. The number of carbonyl (C=O) groups excluding carboxylic acids is 3. The van der Waals surface area contributed by atoms with Crippen LogP contribution in [0.25, 0.3) is 10.8 Å². The number of amides is 3. The van der Waals surface area contributed by atoms with E-state index >= 15 is 0 Å². The van der Waals surface area contributed by atoms with E-state index in [-0.39, 0.29) is 17.9 Å². The minimum Gasteiger partial charge on any atom is -0.493 e. The summed E-state index contributed by atoms with van der Waals surface area (Å²) in [5, 5.41) is 11.7. The number of fused-ring (bicyclic) bond motifs is 1. The second-order valence-corrected chi connectivity index (χ2v) is 11.9. The molecule has 3 amide bonds. The van der Waals surface area contributed by atoms with Gasteiger partial charge in [0.1, 0.15) is 6.61 Å². The lowest BCUT2D eigenvalue weighted by Gasteiger charge is -2.28. The molecule has 0 aliphatic carbocycles. The number of hydrogen-bond donors (Lipinski definition) is 3. The molecule has 0 aromatic heterocycles. The number of methoxy groups -OCH3 is 2. The van der Waals surface area contributed by atoms with Gasteiger partial charge in [0.05, 0.1) is 42.2 Å². The van der Waals surface area contributed by atoms with Crippen LogP contribution in [0.15, 0.2) is 89.2 Å². The SMILES string of the molecule is CCOc1cc(/C=N\NC(=O)COc2ccc([C@H]3NC(=O)NC(C)=C3C(=O)OC)cc2OC)cc(I)c1OCc1cccc2ccccc12. The molecule has 4 aromatic carbocycles. The predicted octanol–water partition coefficient (Wildman–Crippen LogP) is 5.76. The molecule has 1 aliphatic rings. The molecule has 0 spiro atoms. The second-order valence-electron chi connectivity index (χ2n) is 10.7. The summed E-state index contributed by atoms with van der Waals surface area (Å²) in [7, 11) is 2.71. The van der Waals surface area contributed by atoms with Gasteiger partial charge >= 0.3 is 12.0 Å². The van der Waals surface area contributed by atoms with E-state index in [9.17, 15) is 14.4 Å². The number of benzene rings is 4. The van der Waals surface area contributed by atoms with Gasteiger partial charge in [-0.05, 0) is 88.2 Å². The Balaban J connectivity index is 1.21. The highest BCUT2D eigenvalue weighted by Gasteiger charge is 2.32. The first-order valence-electron chi connectivity index (χ1n) is 15.3. The van der Waals surface area contributed by atoms with Crippen molar-refractivity contribution in [2.24, 2.45) is 5.10 Å². The van der Waals surface area contributed by atoms with Crippen LogP contribution in [-0.4, -0.2) is 51.6 Å². The first-order chi connectivity index (χ1) is 23.7. The highest BCUT2D eigenvalue weighted by molar-refractivity contribution is 14.1. The summed E-state index contributed by atoms with van der Waals surface area (Å²) in [5.74, 6) is 0.672. The fraction of sp³-hybridized carbons (Fsp3) is 0.222. The monoisotopic (exact) mass is 778 g/mol. The number of hydrazone groups is 1. The molecule has 254 valence electrons. The van der Waals surface area contributed by atoms with Gasteiger partial charge < -0.3 is 34.3 Å². The first-order valence-corrected chi connectivity index (χ1v) is 16.3. The van der Waals surface area contributed by atoms with E-state index in [1.165, 1.54) is 20.4 Å². The number of esters is 1. The maximum atomic E-state index is 12.6. The fourth-order valence-corrected chi connectivity index (χ4v) is 6.08. The van der Waals surface area contributed by atoms with E-state index < -0.39 is 23.9 Å². The van der Waals surface area contributed by atoms with Crippen molar-refractivity contribution in [3.63, 3.8) is 0 Å². The summed E-state index contributed by atoms with van der Waals surface area (Å²) in [6.45, 7) is 3.97. The number of rotatable bonds is 13. The molecule has 1 aliphatic heterocycles. The second kappa shape index (κ2) is 16.2. The number of nitrogens with one attached hydrogen (secondary N) is 3. The minimum atomic E-state index is -0.780. The van der Waals surface area contributed by atoms with Gasteiger partial charge in [-0.2, -0.15) is 5.10 Å². The summed E-state index contributed by atoms with van der Waals surface area (Å²) in [5.41, 5.74) is 5.41. The van der Waals surface area contributed by atoms with Crippen molar-refractivity contribution in [3.05, 3.63) is 104 Å². The standard InChI is InChI=1S/C36H35IN4O8/c1-5-47-30-16-22(15-27(37)34(30)49-19-25-11-8-10-23-9-6-7-12-26(23)25)18-38-41-31(42)20-48-28-14-13-24(17-29(28)45-3)33-32(35(43)46-4)21(2)39-36(44)40-33/h6-18,33H,5,19-20H2,1-4H3,(H,41,42)(H2,39,40,44)/b38-18-/t33-/m1/s1. The topological polar surface area (TPSA) is 146 Å². The molecule has 0 unspecified atom stereocenters. The van der Waals surface area contributed by atoms with Gasteiger partial charge in [-0.1, -0.05) is 48.5 Å². The summed E-state index contributed by atoms with van der Waals surface area (Å²) in [6.07, 6.45) is 1.51. The van der Waals surface area contributed by atoms with Crippen LogP contribution in [-0.2, 0) is 20.9 Å². The Labute approximate surface area is 296 Å². The van der Waals surface area contributed by atoms with Crippen LogP contribution >= 0.6 is 22.6 Å². The molecule has 0 saturated heterocycles. The van der Waals surface area contributed by atoms with E-state index in [2.05, 4.69) is 62.0 Å². The lowest BCUT2D eigenvalue weighted by Crippen LogP contribution is -2.45. The Morgan fingerprint density at radius 1 is 0.959 bits per heavy atom. The fourth-order valence-electron chi connectivity index (χ4n) is 5.30. The number of halogens is 1. The van der Waals surface area contributed by atoms with E-state index in [0.29, 0.717) is 47.3 Å². The lowest BCUT2D eigenvalue weighted by molar-refractivity contribution is -0.136. The number of ether oxygens (including phenoxy) is 5. The largest absolute Gasteiger partial charge is 0.493 e. The molecule has 0 bridgehead atoms. The van der Waals surface area contributed by atoms with Crippen LogP contribution < -0.4 is 35.0 Å². The quantitative estimate of drug-likeness (QED) is 0.0673. The van der Waals surface area contributed by atoms with Crippen LogP contribution in [0.1, 0.15) is 36.6 Å². The number of allylic oxidation sites excluding steroid dienone is 1. The molecular formula is C36H35IN4O8. The lowest BCUT2D eigenvalue weighted by atomic mass is 9.95. The van der Waals surface area contributed by atoms with Crippen molar-refractivity contribution in [1.29, 1.82) is 0 Å². The Hall–Kier alpha value is -5.31. The average Bonchev–Trinajstić information content (AvgIpc) is 3.09. The highest BCUT2D eigenvalue weighted by Crippen LogP contribution is 2.36. The Bertz CT molecular complexity index is 1940. The first kappa shape index (κ1) is 35.0. The van der Waals surface area contributed by atoms with Crippen molar-refractivity contribution in [1.82, 2.24) is 16.1 Å². The number of carbonyl (C=O) groups is 3. The molecule has 0 saturated carbocycles. The van der Waals surface area contributed by atoms with Crippen molar-refractivity contribution < 1.29 is 38.1 Å². The predicted molar refractivity (Wildman–Crippen MR) is 192 cm³/mol. The third-order valence-electron chi connectivity index (χ3n) is 7.54. The molecule has 49 heavy (non-hydrogen) atoms. The summed E-state index contributed by atoms with van der Waals surface area (Å²) < 4.78 is 29.0. The van der Waals surface area contributed by atoms with Crippen LogP contribution in [0.4, 0.5) is 4.79 Å². The summed E-state index contributed by atoms with van der Waals surface area (Å²) in [4.78, 5) is 37.2. The molecule has 3 N–H and O–H groups in total. The van der Waals surface area contributed by atoms with Crippen LogP contribution in [0, 0.1) is 3.57 Å². The van der Waals surface area contributed by atoms with Crippen molar-refractivity contribution in [3.8, 4) is 23.0 Å². The van der Waals surface area contributed by atoms with Crippen molar-refractivity contribution in [2.75, 3.05) is 27.4 Å². The van der Waals surface area contributed by atoms with Gasteiger partial charge in [0.15, 0.2) is 29.6 Å². The van der Waals surface area contributed by atoms with Crippen LogP contribution in [0.5, 0.6) is 23.0 Å². The normalized spacial score (nSPS) is 14.2. The Morgan fingerprint density at radius 3 is 2.53 bits per heavy atom. The maximum Gasteiger partial charge on any atom is 0.337 e. The van der Waals surface area contributed by atoms with Gasteiger partial charge in [-0.15, -0.1) is 0 Å². The molecule has 0 fully saturated rings. The van der Waals surface area contributed by atoms with E-state index in [1.54, 1.807) is 31.2 Å². The van der Waals surface area contributed by atoms with Crippen molar-refractivity contribution >= 4 is 57.5 Å². The molecule has 4 aromatic rings. The Kier molecular flexibility index (Phi) is 11.6. The number of hydrogen-bond acceptors (Lipinski definition) is 9. The Morgan fingerprint density at radius 2 is 1.76 bits per heavy atom. The van der Waals surface area contributed by atoms with Gasteiger partial charge in [0.2, 0.25) is 0 Å². The van der Waals surface area contributed by atoms with E-state index in [4.69, 9.17) is 23.7 Å². The third-order valence-corrected chi connectivity index (χ3v) is 8.34. The minimum absolute atomic E-state index is 0.251. The molecule has 5 rings (SSSR count). The van der Waals surface area contributed by atoms with Crippen LogP contribution in [0.2, 0.25) is 0 Å².